The number of carbonyl (C=O) groups is 1. The minimum absolute atomic E-state index is 0.387. The molecule has 0 atom stereocenters. The van der Waals surface area contributed by atoms with Crippen LogP contribution in [0, 0.1) is 0 Å². The first-order valence-electron chi connectivity index (χ1n) is 6.01. The summed E-state index contributed by atoms with van der Waals surface area (Å²) in [6.45, 7) is 0.387. The molecule has 0 spiro atoms. The van der Waals surface area contributed by atoms with Gasteiger partial charge in [0.05, 0.1) is 12.0 Å². The van der Waals surface area contributed by atoms with Crippen LogP contribution in [-0.2, 0) is 6.61 Å². The smallest absolute Gasteiger partial charge is 0.162 e. The molecule has 5 heteroatoms. The van der Waals surface area contributed by atoms with Crippen molar-refractivity contribution < 1.29 is 13.9 Å². The highest BCUT2D eigenvalue weighted by molar-refractivity contribution is 7.13. The number of hydrogen-bond acceptors (Lipinski definition) is 5. The van der Waals surface area contributed by atoms with Gasteiger partial charge in [-0.2, -0.15) is 0 Å². The Morgan fingerprint density at radius 2 is 2.10 bits per heavy atom. The van der Waals surface area contributed by atoms with Crippen molar-refractivity contribution in [1.29, 1.82) is 0 Å². The first-order valence-corrected chi connectivity index (χ1v) is 6.89. The molecule has 2 heterocycles. The van der Waals surface area contributed by atoms with Crippen molar-refractivity contribution in [2.24, 2.45) is 0 Å². The van der Waals surface area contributed by atoms with Gasteiger partial charge >= 0.3 is 0 Å². The van der Waals surface area contributed by atoms with Crippen molar-refractivity contribution in [2.45, 2.75) is 6.61 Å². The first-order chi connectivity index (χ1) is 9.85. The number of aldehydes is 1. The molecule has 0 saturated heterocycles. The van der Waals surface area contributed by atoms with Crippen molar-refractivity contribution in [1.82, 2.24) is 4.98 Å². The minimum atomic E-state index is 0.387. The lowest BCUT2D eigenvalue weighted by atomic mass is 10.2. The second-order valence-corrected chi connectivity index (χ2v) is 4.95. The molecule has 0 N–H and O–H groups in total. The van der Waals surface area contributed by atoms with E-state index in [1.165, 1.54) is 11.3 Å². The summed E-state index contributed by atoms with van der Waals surface area (Å²) in [5, 5.41) is 2.78. The fourth-order valence-corrected chi connectivity index (χ4v) is 2.46. The van der Waals surface area contributed by atoms with E-state index in [0.717, 1.165) is 22.7 Å². The highest BCUT2D eigenvalue weighted by Crippen LogP contribution is 2.24. The third-order valence-corrected chi connectivity index (χ3v) is 3.59. The Kier molecular flexibility index (Phi) is 3.60. The second kappa shape index (κ2) is 5.71. The summed E-state index contributed by atoms with van der Waals surface area (Å²) < 4.78 is 10.9. The second-order valence-electron chi connectivity index (χ2n) is 4.10. The quantitative estimate of drug-likeness (QED) is 0.669. The molecule has 0 aliphatic heterocycles. The number of benzene rings is 1. The highest BCUT2D eigenvalue weighted by Gasteiger charge is 2.07. The SMILES string of the molecule is O=Cc1ccc(OCc2csc(-c3ccco3)n2)cc1. The summed E-state index contributed by atoms with van der Waals surface area (Å²) in [5.41, 5.74) is 1.48. The molecule has 0 radical (unpaired) electrons. The average molecular weight is 285 g/mol. The van der Waals surface area contributed by atoms with E-state index in [9.17, 15) is 4.79 Å². The van der Waals surface area contributed by atoms with E-state index in [4.69, 9.17) is 9.15 Å². The van der Waals surface area contributed by atoms with Gasteiger partial charge in [-0.15, -0.1) is 11.3 Å². The molecule has 2 aromatic heterocycles. The van der Waals surface area contributed by atoms with Crippen LogP contribution in [0.3, 0.4) is 0 Å². The maximum atomic E-state index is 10.6. The third kappa shape index (κ3) is 2.78. The molecule has 1 aromatic carbocycles. The van der Waals surface area contributed by atoms with Crippen LogP contribution in [0.2, 0.25) is 0 Å². The van der Waals surface area contributed by atoms with Gasteiger partial charge in [-0.3, -0.25) is 4.79 Å². The summed E-state index contributed by atoms with van der Waals surface area (Å²) in [5.74, 6) is 1.47. The number of thiazole rings is 1. The van der Waals surface area contributed by atoms with E-state index < -0.39 is 0 Å². The molecule has 0 aliphatic rings. The monoisotopic (exact) mass is 285 g/mol. The molecule has 3 rings (SSSR count). The van der Waals surface area contributed by atoms with Crippen molar-refractivity contribution in [3.05, 3.63) is 59.3 Å². The molecule has 100 valence electrons. The molecule has 0 fully saturated rings. The van der Waals surface area contributed by atoms with Gasteiger partial charge in [0.15, 0.2) is 10.8 Å². The van der Waals surface area contributed by atoms with Crippen LogP contribution in [0.25, 0.3) is 10.8 Å². The predicted octanol–water partition coefficient (Wildman–Crippen LogP) is 3.79. The summed E-state index contributed by atoms with van der Waals surface area (Å²) >= 11 is 1.52. The summed E-state index contributed by atoms with van der Waals surface area (Å²) in [4.78, 5) is 15.0. The van der Waals surface area contributed by atoms with E-state index in [0.29, 0.717) is 17.9 Å². The molecular weight excluding hydrogens is 274 g/mol. The summed E-state index contributed by atoms with van der Waals surface area (Å²) in [6.07, 6.45) is 2.43. The van der Waals surface area contributed by atoms with Crippen LogP contribution in [0.1, 0.15) is 16.1 Å². The number of ether oxygens (including phenoxy) is 1. The van der Waals surface area contributed by atoms with Crippen molar-refractivity contribution in [2.75, 3.05) is 0 Å². The van der Waals surface area contributed by atoms with Crippen molar-refractivity contribution >= 4 is 17.6 Å². The molecule has 3 aromatic rings. The van der Waals surface area contributed by atoms with Crippen molar-refractivity contribution in [3.63, 3.8) is 0 Å². The largest absolute Gasteiger partial charge is 0.487 e. The topological polar surface area (TPSA) is 52.3 Å². The highest BCUT2D eigenvalue weighted by atomic mass is 32.1. The van der Waals surface area contributed by atoms with E-state index in [2.05, 4.69) is 4.98 Å². The Balaban J connectivity index is 1.64. The zero-order valence-corrected chi connectivity index (χ0v) is 11.3. The van der Waals surface area contributed by atoms with Gasteiger partial charge < -0.3 is 9.15 Å². The van der Waals surface area contributed by atoms with Crippen LogP contribution in [-0.4, -0.2) is 11.3 Å². The standard InChI is InChI=1S/C15H11NO3S/c17-8-11-3-5-13(6-4-11)19-9-12-10-20-15(16-12)14-2-1-7-18-14/h1-8,10H,9H2. The Morgan fingerprint density at radius 3 is 2.80 bits per heavy atom. The molecular formula is C15H11NO3S. The van der Waals surface area contributed by atoms with E-state index in [-0.39, 0.29) is 0 Å². The van der Waals surface area contributed by atoms with Crippen LogP contribution >= 0.6 is 11.3 Å². The van der Waals surface area contributed by atoms with E-state index >= 15 is 0 Å². The Bertz CT molecular complexity index is 686. The van der Waals surface area contributed by atoms with Crippen LogP contribution in [0.15, 0.2) is 52.5 Å². The first kappa shape index (κ1) is 12.6. The Labute approximate surface area is 119 Å². The van der Waals surface area contributed by atoms with Gasteiger partial charge in [0.25, 0.3) is 0 Å². The van der Waals surface area contributed by atoms with E-state index in [1.54, 1.807) is 30.5 Å². The Hall–Kier alpha value is -2.40. The van der Waals surface area contributed by atoms with Gasteiger partial charge in [0.1, 0.15) is 18.6 Å². The number of nitrogens with zero attached hydrogens (tertiary/aromatic N) is 1. The molecule has 20 heavy (non-hydrogen) atoms. The van der Waals surface area contributed by atoms with Crippen LogP contribution < -0.4 is 4.74 Å². The molecule has 0 unspecified atom stereocenters. The number of aromatic nitrogens is 1. The summed E-state index contributed by atoms with van der Waals surface area (Å²) in [6, 6.07) is 10.7. The zero-order valence-electron chi connectivity index (χ0n) is 10.5. The summed E-state index contributed by atoms with van der Waals surface area (Å²) in [7, 11) is 0. The fraction of sp³-hybridized carbons (Fsp3) is 0.0667. The zero-order chi connectivity index (χ0) is 13.8. The van der Waals surface area contributed by atoms with Gasteiger partial charge in [0.2, 0.25) is 0 Å². The van der Waals surface area contributed by atoms with Crippen LogP contribution in [0.5, 0.6) is 5.75 Å². The molecule has 0 aliphatic carbocycles. The van der Waals surface area contributed by atoms with Gasteiger partial charge in [-0.25, -0.2) is 4.98 Å². The van der Waals surface area contributed by atoms with E-state index in [1.807, 2.05) is 17.5 Å². The lowest BCUT2D eigenvalue weighted by Gasteiger charge is -2.03. The molecule has 0 saturated carbocycles. The van der Waals surface area contributed by atoms with Gasteiger partial charge in [-0.05, 0) is 36.4 Å². The van der Waals surface area contributed by atoms with Crippen molar-refractivity contribution in [3.8, 4) is 16.5 Å². The maximum Gasteiger partial charge on any atom is 0.162 e. The molecule has 0 amide bonds. The Morgan fingerprint density at radius 1 is 1.25 bits per heavy atom. The average Bonchev–Trinajstić information content (AvgIpc) is 3.16. The number of hydrogen-bond donors (Lipinski definition) is 0. The van der Waals surface area contributed by atoms with Gasteiger partial charge in [0, 0.05) is 10.9 Å². The molecule has 0 bridgehead atoms. The fourth-order valence-electron chi connectivity index (χ4n) is 1.69. The molecule has 4 nitrogen and oxygen atoms in total. The number of rotatable bonds is 5. The minimum Gasteiger partial charge on any atom is -0.487 e. The normalized spacial score (nSPS) is 10.4. The maximum absolute atomic E-state index is 10.6. The lowest BCUT2D eigenvalue weighted by molar-refractivity contribution is 0.112. The predicted molar refractivity (Wildman–Crippen MR) is 76.0 cm³/mol. The van der Waals surface area contributed by atoms with Gasteiger partial charge in [-0.1, -0.05) is 0 Å². The lowest BCUT2D eigenvalue weighted by Crippen LogP contribution is -1.95. The third-order valence-electron chi connectivity index (χ3n) is 2.69. The number of furan rings is 1. The van der Waals surface area contributed by atoms with Crippen LogP contribution in [0.4, 0.5) is 0 Å². The number of carbonyl (C=O) groups excluding carboxylic acids is 1.